The standard InChI is InChI=1S/C25H19BrN4O2S2/c26-17-11-9-15(10-12-17)13-29-22(32)21-18-7-4-8-20(18)34-23(21)30-24(29)27-28-25(30)33-14-19(31)16-5-2-1-3-6-16/h1-3,5-6,9-12H,4,7-8,13-14H2. The van der Waals surface area contributed by atoms with Crippen LogP contribution in [0.15, 0.2) is 69.0 Å². The quantitative estimate of drug-likeness (QED) is 0.209. The lowest BCUT2D eigenvalue weighted by molar-refractivity contribution is 0.102. The Labute approximate surface area is 211 Å². The molecule has 170 valence electrons. The van der Waals surface area contributed by atoms with Gasteiger partial charge in [0.15, 0.2) is 10.9 Å². The number of ketones is 1. The highest BCUT2D eigenvalue weighted by Gasteiger charge is 2.26. The SMILES string of the molecule is O=C(CSc1nnc2n(Cc3ccc(Br)cc3)c(=O)c3c4c(sc3n12)CCC4)c1ccccc1. The van der Waals surface area contributed by atoms with Gasteiger partial charge in [-0.3, -0.25) is 14.2 Å². The van der Waals surface area contributed by atoms with Gasteiger partial charge in [0.2, 0.25) is 5.78 Å². The molecule has 0 amide bonds. The van der Waals surface area contributed by atoms with E-state index in [0.717, 1.165) is 39.5 Å². The molecule has 6 nitrogen and oxygen atoms in total. The molecule has 1 aliphatic rings. The second-order valence-electron chi connectivity index (χ2n) is 8.25. The summed E-state index contributed by atoms with van der Waals surface area (Å²) in [5, 5.41) is 10.2. The summed E-state index contributed by atoms with van der Waals surface area (Å²) in [4.78, 5) is 28.6. The fourth-order valence-electron chi connectivity index (χ4n) is 4.45. The topological polar surface area (TPSA) is 69.3 Å². The summed E-state index contributed by atoms with van der Waals surface area (Å²) in [5.74, 6) is 0.800. The number of nitrogens with zero attached hydrogens (tertiary/aromatic N) is 4. The molecule has 3 aromatic heterocycles. The molecule has 0 aliphatic heterocycles. The molecule has 0 N–H and O–H groups in total. The van der Waals surface area contributed by atoms with Gasteiger partial charge in [0.05, 0.1) is 17.7 Å². The smallest absolute Gasteiger partial charge is 0.264 e. The molecule has 2 aromatic carbocycles. The molecule has 0 saturated heterocycles. The molecule has 0 unspecified atom stereocenters. The number of aromatic nitrogens is 4. The normalized spacial score (nSPS) is 13.1. The van der Waals surface area contributed by atoms with E-state index in [2.05, 4.69) is 26.1 Å². The fourth-order valence-corrected chi connectivity index (χ4v) is 6.98. The van der Waals surface area contributed by atoms with Gasteiger partial charge >= 0.3 is 0 Å². The molecule has 3 heterocycles. The molecule has 1 aliphatic carbocycles. The molecule has 0 radical (unpaired) electrons. The third kappa shape index (κ3) is 3.72. The molecular weight excluding hydrogens is 532 g/mol. The second-order valence-corrected chi connectivity index (χ2v) is 11.2. The number of thiophene rings is 1. The number of halogens is 1. The van der Waals surface area contributed by atoms with Gasteiger partial charge in [-0.15, -0.1) is 21.5 Å². The maximum absolute atomic E-state index is 13.7. The molecule has 34 heavy (non-hydrogen) atoms. The summed E-state index contributed by atoms with van der Waals surface area (Å²) in [6, 6.07) is 17.2. The number of fused-ring (bicyclic) bond motifs is 5. The predicted molar refractivity (Wildman–Crippen MR) is 139 cm³/mol. The molecular formula is C25H19BrN4O2S2. The Bertz CT molecular complexity index is 1600. The van der Waals surface area contributed by atoms with Crippen LogP contribution >= 0.6 is 39.0 Å². The largest absolute Gasteiger partial charge is 0.293 e. The summed E-state index contributed by atoms with van der Waals surface area (Å²) < 4.78 is 4.68. The van der Waals surface area contributed by atoms with Gasteiger partial charge in [-0.1, -0.05) is 70.2 Å². The number of Topliss-reactive ketones (excluding diaryl/α,β-unsaturated/α-hetero) is 1. The van der Waals surface area contributed by atoms with Gasteiger partial charge < -0.3 is 0 Å². The van der Waals surface area contributed by atoms with Gasteiger partial charge in [0.1, 0.15) is 4.83 Å². The van der Waals surface area contributed by atoms with Crippen molar-refractivity contribution in [1.29, 1.82) is 0 Å². The van der Waals surface area contributed by atoms with Crippen LogP contribution in [0.25, 0.3) is 16.0 Å². The van der Waals surface area contributed by atoms with Crippen LogP contribution in [0.4, 0.5) is 0 Å². The van der Waals surface area contributed by atoms with Gasteiger partial charge in [-0.05, 0) is 42.5 Å². The zero-order valence-corrected chi connectivity index (χ0v) is 21.3. The zero-order valence-electron chi connectivity index (χ0n) is 18.0. The van der Waals surface area contributed by atoms with Crippen molar-refractivity contribution in [2.45, 2.75) is 31.0 Å². The number of thioether (sulfide) groups is 1. The summed E-state index contributed by atoms with van der Waals surface area (Å²) in [7, 11) is 0. The Hall–Kier alpha value is -2.75. The number of aryl methyl sites for hydroxylation is 2. The maximum atomic E-state index is 13.7. The maximum Gasteiger partial charge on any atom is 0.264 e. The van der Waals surface area contributed by atoms with Gasteiger partial charge in [-0.2, -0.15) is 0 Å². The van der Waals surface area contributed by atoms with Gasteiger partial charge in [-0.25, -0.2) is 4.40 Å². The number of benzene rings is 2. The summed E-state index contributed by atoms with van der Waals surface area (Å²) in [5.41, 5.74) is 2.83. The van der Waals surface area contributed by atoms with Crippen molar-refractivity contribution in [3.63, 3.8) is 0 Å². The molecule has 0 bridgehead atoms. The van der Waals surface area contributed by atoms with E-state index in [0.29, 0.717) is 23.0 Å². The van der Waals surface area contributed by atoms with Crippen molar-refractivity contribution in [1.82, 2.24) is 19.2 Å². The number of rotatable bonds is 6. The Morgan fingerprint density at radius 3 is 2.65 bits per heavy atom. The Balaban J connectivity index is 1.47. The van der Waals surface area contributed by atoms with Crippen molar-refractivity contribution in [3.05, 3.63) is 91.0 Å². The minimum atomic E-state index is -0.0193. The van der Waals surface area contributed by atoms with Crippen LogP contribution in [-0.2, 0) is 19.4 Å². The first-order chi connectivity index (χ1) is 16.6. The summed E-state index contributed by atoms with van der Waals surface area (Å²) >= 11 is 6.50. The van der Waals surface area contributed by atoms with Crippen LogP contribution in [0, 0.1) is 0 Å². The number of hydrogen-bond acceptors (Lipinski definition) is 6. The fraction of sp³-hybridized carbons (Fsp3) is 0.200. The Morgan fingerprint density at radius 1 is 1.06 bits per heavy atom. The highest BCUT2D eigenvalue weighted by Crippen LogP contribution is 2.37. The first kappa shape index (κ1) is 21.8. The minimum Gasteiger partial charge on any atom is -0.293 e. The van der Waals surface area contributed by atoms with E-state index in [4.69, 9.17) is 0 Å². The van der Waals surface area contributed by atoms with Crippen molar-refractivity contribution >= 4 is 60.8 Å². The average Bonchev–Trinajstić information content (AvgIpc) is 3.56. The Kier molecular flexibility index (Phi) is 5.63. The van der Waals surface area contributed by atoms with Crippen LogP contribution in [-0.4, -0.2) is 30.7 Å². The summed E-state index contributed by atoms with van der Waals surface area (Å²) in [6.07, 6.45) is 3.00. The number of hydrogen-bond donors (Lipinski definition) is 0. The van der Waals surface area contributed by atoms with Crippen molar-refractivity contribution in [3.8, 4) is 0 Å². The molecule has 0 saturated carbocycles. The average molecular weight is 551 g/mol. The van der Waals surface area contributed by atoms with Crippen LogP contribution in [0.2, 0.25) is 0 Å². The first-order valence-corrected chi connectivity index (χ1v) is 13.6. The second kappa shape index (κ2) is 8.79. The van der Waals surface area contributed by atoms with Crippen LogP contribution < -0.4 is 5.56 Å². The molecule has 0 spiro atoms. The highest BCUT2D eigenvalue weighted by atomic mass is 79.9. The lowest BCUT2D eigenvalue weighted by Crippen LogP contribution is -2.24. The van der Waals surface area contributed by atoms with Crippen LogP contribution in [0.3, 0.4) is 0 Å². The third-order valence-corrected chi connectivity index (χ3v) is 8.84. The number of carbonyl (C=O) groups excluding carboxylic acids is 1. The molecule has 0 fully saturated rings. The van der Waals surface area contributed by atoms with Crippen LogP contribution in [0.1, 0.15) is 32.8 Å². The van der Waals surface area contributed by atoms with E-state index in [1.165, 1.54) is 22.2 Å². The summed E-state index contributed by atoms with van der Waals surface area (Å²) in [6.45, 7) is 0.405. The lowest BCUT2D eigenvalue weighted by atomic mass is 10.2. The van der Waals surface area contributed by atoms with Crippen molar-refractivity contribution in [2.24, 2.45) is 0 Å². The Morgan fingerprint density at radius 2 is 1.85 bits per heavy atom. The monoisotopic (exact) mass is 550 g/mol. The first-order valence-electron chi connectivity index (χ1n) is 11.0. The zero-order chi connectivity index (χ0) is 23.2. The van der Waals surface area contributed by atoms with Crippen molar-refractivity contribution < 1.29 is 4.79 Å². The van der Waals surface area contributed by atoms with E-state index in [1.54, 1.807) is 15.9 Å². The highest BCUT2D eigenvalue weighted by molar-refractivity contribution is 9.10. The van der Waals surface area contributed by atoms with E-state index in [9.17, 15) is 9.59 Å². The predicted octanol–water partition coefficient (Wildman–Crippen LogP) is 5.38. The van der Waals surface area contributed by atoms with Crippen molar-refractivity contribution in [2.75, 3.05) is 5.75 Å². The van der Waals surface area contributed by atoms with E-state index in [1.807, 2.05) is 59.0 Å². The lowest BCUT2D eigenvalue weighted by Gasteiger charge is -2.10. The van der Waals surface area contributed by atoms with E-state index < -0.39 is 0 Å². The van der Waals surface area contributed by atoms with Gasteiger partial charge in [0.25, 0.3) is 5.56 Å². The van der Waals surface area contributed by atoms with E-state index >= 15 is 0 Å². The molecule has 9 heteroatoms. The molecule has 0 atom stereocenters. The number of carbonyl (C=O) groups is 1. The molecule has 5 aromatic rings. The van der Waals surface area contributed by atoms with E-state index in [-0.39, 0.29) is 17.1 Å². The van der Waals surface area contributed by atoms with Gasteiger partial charge in [0, 0.05) is 14.9 Å². The minimum absolute atomic E-state index is 0.0193. The van der Waals surface area contributed by atoms with Crippen LogP contribution in [0.5, 0.6) is 0 Å². The third-order valence-electron chi connectivity index (χ3n) is 6.10. The molecule has 6 rings (SSSR count).